The van der Waals surface area contributed by atoms with E-state index in [1.165, 1.54) is 47.8 Å². The fraction of sp³-hybridized carbons (Fsp3) is 0. The molecule has 1 aliphatic rings. The molecule has 1 aliphatic heterocycles. The van der Waals surface area contributed by atoms with Gasteiger partial charge in [0.1, 0.15) is 5.01 Å². The summed E-state index contributed by atoms with van der Waals surface area (Å²) in [7, 11) is 0. The SMILES string of the molecule is c1ccc2c(c1)Sc1cc(-c3nc4ccccc4s3)ccc1N2c1ccc(-c2cccc3ccccc23)cc1. The van der Waals surface area contributed by atoms with Crippen molar-refractivity contribution >= 4 is 61.1 Å². The molecule has 1 aromatic heterocycles. The standard InChI is InChI=1S/C35H22N2S2/c1-2-10-27-23(8-1)9-7-11-28(27)24-16-19-26(20-17-24)37-30-13-4-6-15-33(30)38-34-22-25(18-21-31(34)37)35-36-29-12-3-5-14-32(29)39-35/h1-22H. The van der Waals surface area contributed by atoms with Gasteiger partial charge in [-0.2, -0.15) is 0 Å². The molecule has 0 spiro atoms. The second-order valence-corrected chi connectivity index (χ2v) is 11.8. The van der Waals surface area contributed by atoms with Crippen molar-refractivity contribution in [1.82, 2.24) is 4.98 Å². The van der Waals surface area contributed by atoms with Crippen LogP contribution in [-0.2, 0) is 0 Å². The maximum absolute atomic E-state index is 4.91. The van der Waals surface area contributed by atoms with Gasteiger partial charge in [-0.3, -0.25) is 0 Å². The maximum Gasteiger partial charge on any atom is 0.124 e. The van der Waals surface area contributed by atoms with Crippen LogP contribution in [-0.4, -0.2) is 4.98 Å². The average Bonchev–Trinajstić information content (AvgIpc) is 3.44. The molecule has 184 valence electrons. The number of benzene rings is 6. The highest BCUT2D eigenvalue weighted by atomic mass is 32.2. The molecule has 0 unspecified atom stereocenters. The number of thiazole rings is 1. The van der Waals surface area contributed by atoms with Crippen LogP contribution in [0, 0.1) is 0 Å². The highest BCUT2D eigenvalue weighted by Gasteiger charge is 2.25. The summed E-state index contributed by atoms with van der Waals surface area (Å²) in [5, 5.41) is 3.60. The minimum atomic E-state index is 1.06. The van der Waals surface area contributed by atoms with Gasteiger partial charge in [0.15, 0.2) is 0 Å². The molecule has 4 heteroatoms. The molecule has 6 aromatic carbocycles. The van der Waals surface area contributed by atoms with Gasteiger partial charge in [0, 0.05) is 21.0 Å². The molecule has 0 atom stereocenters. The van der Waals surface area contributed by atoms with Crippen molar-refractivity contribution in [3.63, 3.8) is 0 Å². The fourth-order valence-electron chi connectivity index (χ4n) is 5.43. The third-order valence-electron chi connectivity index (χ3n) is 7.29. The lowest BCUT2D eigenvalue weighted by Gasteiger charge is -2.33. The van der Waals surface area contributed by atoms with Crippen LogP contribution in [0.25, 0.3) is 42.7 Å². The van der Waals surface area contributed by atoms with Crippen molar-refractivity contribution < 1.29 is 0 Å². The van der Waals surface area contributed by atoms with Gasteiger partial charge >= 0.3 is 0 Å². The molecule has 0 radical (unpaired) electrons. The summed E-state index contributed by atoms with van der Waals surface area (Å²) < 4.78 is 1.22. The zero-order valence-corrected chi connectivity index (χ0v) is 22.5. The zero-order valence-electron chi connectivity index (χ0n) is 20.9. The second kappa shape index (κ2) is 9.12. The van der Waals surface area contributed by atoms with E-state index in [2.05, 4.69) is 138 Å². The molecule has 2 heterocycles. The maximum atomic E-state index is 4.91. The lowest BCUT2D eigenvalue weighted by molar-refractivity contribution is 1.17. The topological polar surface area (TPSA) is 16.1 Å². The van der Waals surface area contributed by atoms with Crippen LogP contribution in [0.2, 0.25) is 0 Å². The predicted octanol–water partition coefficient (Wildman–Crippen LogP) is 10.7. The molecular formula is C35H22N2S2. The molecule has 0 fully saturated rings. The zero-order chi connectivity index (χ0) is 25.8. The van der Waals surface area contributed by atoms with Crippen LogP contribution in [0.15, 0.2) is 143 Å². The Labute approximate surface area is 235 Å². The van der Waals surface area contributed by atoms with Crippen LogP contribution in [0.3, 0.4) is 0 Å². The van der Waals surface area contributed by atoms with Crippen molar-refractivity contribution in [1.29, 1.82) is 0 Å². The first-order valence-corrected chi connectivity index (χ1v) is 14.6. The second-order valence-electron chi connectivity index (χ2n) is 9.65. The Hall–Kier alpha value is -4.38. The Morgan fingerprint density at radius 1 is 0.564 bits per heavy atom. The number of fused-ring (bicyclic) bond motifs is 4. The number of hydrogen-bond donors (Lipinski definition) is 0. The fourth-order valence-corrected chi connectivity index (χ4v) is 7.49. The van der Waals surface area contributed by atoms with Crippen LogP contribution >= 0.6 is 23.1 Å². The number of anilines is 3. The van der Waals surface area contributed by atoms with Gasteiger partial charge in [-0.05, 0) is 76.5 Å². The van der Waals surface area contributed by atoms with E-state index in [1.807, 2.05) is 11.8 Å². The molecule has 0 bridgehead atoms. The van der Waals surface area contributed by atoms with E-state index >= 15 is 0 Å². The van der Waals surface area contributed by atoms with Gasteiger partial charge in [-0.1, -0.05) is 90.6 Å². The number of nitrogens with zero attached hydrogens (tertiary/aromatic N) is 2. The third-order valence-corrected chi connectivity index (χ3v) is 9.49. The Balaban J connectivity index is 1.22. The number of para-hydroxylation sites is 2. The van der Waals surface area contributed by atoms with Crippen molar-refractivity contribution in [2.45, 2.75) is 9.79 Å². The normalized spacial score (nSPS) is 12.5. The van der Waals surface area contributed by atoms with Crippen molar-refractivity contribution in [3.8, 4) is 21.7 Å². The highest BCUT2D eigenvalue weighted by Crippen LogP contribution is 2.52. The molecule has 7 aromatic rings. The van der Waals surface area contributed by atoms with Crippen LogP contribution in [0.4, 0.5) is 17.1 Å². The van der Waals surface area contributed by atoms with E-state index < -0.39 is 0 Å². The molecule has 39 heavy (non-hydrogen) atoms. The Bertz CT molecular complexity index is 1970. The minimum absolute atomic E-state index is 1.06. The number of aromatic nitrogens is 1. The summed E-state index contributed by atoms with van der Waals surface area (Å²) in [5.41, 5.74) is 8.26. The van der Waals surface area contributed by atoms with E-state index in [4.69, 9.17) is 4.98 Å². The summed E-state index contributed by atoms with van der Waals surface area (Å²) in [6, 6.07) is 47.9. The molecule has 0 amide bonds. The van der Waals surface area contributed by atoms with Gasteiger partial charge in [0.05, 0.1) is 21.6 Å². The van der Waals surface area contributed by atoms with Crippen LogP contribution in [0.5, 0.6) is 0 Å². The number of hydrogen-bond acceptors (Lipinski definition) is 4. The van der Waals surface area contributed by atoms with E-state index in [0.717, 1.165) is 21.8 Å². The van der Waals surface area contributed by atoms with E-state index in [0.29, 0.717) is 0 Å². The molecule has 0 aliphatic carbocycles. The Morgan fingerprint density at radius 2 is 1.31 bits per heavy atom. The molecular weight excluding hydrogens is 513 g/mol. The number of rotatable bonds is 3. The molecule has 8 rings (SSSR count). The predicted molar refractivity (Wildman–Crippen MR) is 167 cm³/mol. The quantitative estimate of drug-likeness (QED) is 0.224. The van der Waals surface area contributed by atoms with Crippen LogP contribution in [0.1, 0.15) is 0 Å². The van der Waals surface area contributed by atoms with Gasteiger partial charge < -0.3 is 4.90 Å². The lowest BCUT2D eigenvalue weighted by atomic mass is 9.98. The smallest absolute Gasteiger partial charge is 0.124 e. The van der Waals surface area contributed by atoms with Gasteiger partial charge in [-0.25, -0.2) is 4.98 Å². The first-order valence-electron chi connectivity index (χ1n) is 13.0. The van der Waals surface area contributed by atoms with Gasteiger partial charge in [0.2, 0.25) is 0 Å². The van der Waals surface area contributed by atoms with E-state index in [1.54, 1.807) is 11.3 Å². The van der Waals surface area contributed by atoms with E-state index in [-0.39, 0.29) is 0 Å². The van der Waals surface area contributed by atoms with Crippen LogP contribution < -0.4 is 4.90 Å². The molecule has 0 saturated carbocycles. The van der Waals surface area contributed by atoms with Crippen molar-refractivity contribution in [3.05, 3.63) is 133 Å². The van der Waals surface area contributed by atoms with Gasteiger partial charge in [0.25, 0.3) is 0 Å². The molecule has 0 N–H and O–H groups in total. The Kier molecular flexibility index (Phi) is 5.28. The summed E-state index contributed by atoms with van der Waals surface area (Å²) >= 11 is 3.58. The Morgan fingerprint density at radius 3 is 2.23 bits per heavy atom. The summed E-state index contributed by atoms with van der Waals surface area (Å²) in [6.07, 6.45) is 0. The summed E-state index contributed by atoms with van der Waals surface area (Å²) in [4.78, 5) is 9.79. The van der Waals surface area contributed by atoms with Crippen molar-refractivity contribution in [2.24, 2.45) is 0 Å². The molecule has 0 saturated heterocycles. The third kappa shape index (κ3) is 3.84. The minimum Gasteiger partial charge on any atom is -0.308 e. The monoisotopic (exact) mass is 534 g/mol. The van der Waals surface area contributed by atoms with Gasteiger partial charge in [-0.15, -0.1) is 11.3 Å². The first-order chi connectivity index (χ1) is 19.3. The highest BCUT2D eigenvalue weighted by molar-refractivity contribution is 7.99. The largest absolute Gasteiger partial charge is 0.308 e. The first kappa shape index (κ1) is 22.6. The molecule has 2 nitrogen and oxygen atoms in total. The van der Waals surface area contributed by atoms with Crippen molar-refractivity contribution in [2.75, 3.05) is 4.90 Å². The average molecular weight is 535 g/mol. The summed E-state index contributed by atoms with van der Waals surface area (Å²) in [6.45, 7) is 0. The van der Waals surface area contributed by atoms with E-state index in [9.17, 15) is 0 Å². The lowest BCUT2D eigenvalue weighted by Crippen LogP contribution is -2.14. The summed E-state index contributed by atoms with van der Waals surface area (Å²) in [5.74, 6) is 0.